The van der Waals surface area contributed by atoms with E-state index >= 15 is 0 Å². The zero-order chi connectivity index (χ0) is 7.82. The van der Waals surface area contributed by atoms with Gasteiger partial charge in [-0.3, -0.25) is 11.7 Å². The quantitative estimate of drug-likeness (QED) is 0.420. The molecule has 0 atom stereocenters. The van der Waals surface area contributed by atoms with Crippen LogP contribution in [-0.4, -0.2) is 10.2 Å². The summed E-state index contributed by atoms with van der Waals surface area (Å²) in [6.45, 7) is 2.06. The van der Waals surface area contributed by atoms with Gasteiger partial charge in [0.05, 0.1) is 5.69 Å². The Hall–Kier alpha value is -1.00. The Morgan fingerprint density at radius 1 is 1.50 bits per heavy atom. The van der Waals surface area contributed by atoms with E-state index in [9.17, 15) is 0 Å². The molecule has 0 radical (unpaired) electrons. The molecule has 0 spiro atoms. The lowest BCUT2D eigenvalue weighted by Crippen LogP contribution is -2.02. The van der Waals surface area contributed by atoms with Gasteiger partial charge in [0.2, 0.25) is 0 Å². The van der Waals surface area contributed by atoms with Gasteiger partial charge >= 0.3 is 0 Å². The van der Waals surface area contributed by atoms with Crippen LogP contribution in [0.5, 0.6) is 0 Å². The molecule has 0 amide bonds. The van der Waals surface area contributed by atoms with Gasteiger partial charge in [-0.25, -0.2) is 0 Å². The Morgan fingerprint density at radius 3 is 2.50 bits per heavy atom. The van der Waals surface area contributed by atoms with Crippen LogP contribution in [0.25, 0.3) is 0 Å². The molecule has 4 nitrogen and oxygen atoms in total. The van der Waals surface area contributed by atoms with Crippen LogP contribution in [0.4, 0.5) is 0 Å². The van der Waals surface area contributed by atoms with Crippen molar-refractivity contribution >= 4 is 0 Å². The van der Waals surface area contributed by atoms with E-state index < -0.39 is 0 Å². The average Bonchev–Trinajstić information content (AvgIpc) is 2.10. The Kier molecular flexibility index (Phi) is 5.51. The van der Waals surface area contributed by atoms with E-state index in [4.69, 9.17) is 0 Å². The highest BCUT2D eigenvalue weighted by Gasteiger charge is 1.83. The Bertz CT molecular complexity index is 151. The standard InChI is InChI=1S/C6H8N2.H4N2/c1-2-6-4-3-5-7-8-6;1-2/h3-5H,2H2,1H3;1-2H2. The second kappa shape index (κ2) is 6.12. The van der Waals surface area contributed by atoms with Crippen LogP contribution in [0, 0.1) is 0 Å². The van der Waals surface area contributed by atoms with Crippen molar-refractivity contribution in [2.45, 2.75) is 13.3 Å². The molecule has 0 aliphatic rings. The molecule has 0 aromatic carbocycles. The maximum Gasteiger partial charge on any atom is 0.0628 e. The maximum absolute atomic E-state index is 4.00. The molecule has 0 saturated heterocycles. The lowest BCUT2D eigenvalue weighted by molar-refractivity contribution is 0.919. The molecular weight excluding hydrogens is 128 g/mol. The van der Waals surface area contributed by atoms with Crippen LogP contribution in [0.3, 0.4) is 0 Å². The van der Waals surface area contributed by atoms with Gasteiger partial charge in [-0.2, -0.15) is 10.2 Å². The monoisotopic (exact) mass is 140 g/mol. The molecule has 4 N–H and O–H groups in total. The Morgan fingerprint density at radius 2 is 2.20 bits per heavy atom. The molecule has 10 heavy (non-hydrogen) atoms. The highest BCUT2D eigenvalue weighted by Crippen LogP contribution is 1.88. The van der Waals surface area contributed by atoms with Gasteiger partial charge < -0.3 is 0 Å². The zero-order valence-electron chi connectivity index (χ0n) is 5.99. The fourth-order valence-electron chi connectivity index (χ4n) is 0.522. The predicted octanol–water partition coefficient (Wildman–Crippen LogP) is -0.142. The minimum Gasteiger partial charge on any atom is -0.274 e. The topological polar surface area (TPSA) is 77.8 Å². The largest absolute Gasteiger partial charge is 0.274 e. The molecule has 0 fully saturated rings. The number of rotatable bonds is 1. The van der Waals surface area contributed by atoms with Crippen molar-refractivity contribution in [3.63, 3.8) is 0 Å². The molecule has 4 heteroatoms. The van der Waals surface area contributed by atoms with Crippen molar-refractivity contribution < 1.29 is 0 Å². The third-order valence-corrected chi connectivity index (χ3v) is 0.990. The van der Waals surface area contributed by atoms with Crippen molar-refractivity contribution in [1.29, 1.82) is 0 Å². The van der Waals surface area contributed by atoms with E-state index in [1.807, 2.05) is 12.1 Å². The van der Waals surface area contributed by atoms with Crippen molar-refractivity contribution in [3.05, 3.63) is 24.0 Å². The van der Waals surface area contributed by atoms with Crippen LogP contribution in [0.1, 0.15) is 12.6 Å². The van der Waals surface area contributed by atoms with Gasteiger partial charge in [-0.05, 0) is 18.6 Å². The normalized spacial score (nSPS) is 7.90. The molecule has 0 unspecified atom stereocenters. The minimum atomic E-state index is 0.966. The molecule has 1 aromatic heterocycles. The summed E-state index contributed by atoms with van der Waals surface area (Å²) in [5.41, 5.74) is 1.05. The molecule has 1 rings (SSSR count). The second-order valence-corrected chi connectivity index (χ2v) is 1.57. The number of aryl methyl sites for hydroxylation is 1. The highest BCUT2D eigenvalue weighted by atomic mass is 15.1. The number of nitrogens with two attached hydrogens (primary N) is 2. The minimum absolute atomic E-state index is 0.966. The van der Waals surface area contributed by atoms with Crippen LogP contribution in [0.2, 0.25) is 0 Å². The van der Waals surface area contributed by atoms with Crippen molar-refractivity contribution in [2.75, 3.05) is 0 Å². The first-order chi connectivity index (χ1) is 4.93. The van der Waals surface area contributed by atoms with Gasteiger partial charge in [0.15, 0.2) is 0 Å². The summed E-state index contributed by atoms with van der Waals surface area (Å²) in [6.07, 6.45) is 2.65. The van der Waals surface area contributed by atoms with Crippen molar-refractivity contribution in [1.82, 2.24) is 10.2 Å². The number of hydrogen-bond donors (Lipinski definition) is 2. The Labute approximate surface area is 60.2 Å². The summed E-state index contributed by atoms with van der Waals surface area (Å²) >= 11 is 0. The fourth-order valence-corrected chi connectivity index (χ4v) is 0.522. The van der Waals surface area contributed by atoms with Crippen LogP contribution in [-0.2, 0) is 6.42 Å². The van der Waals surface area contributed by atoms with E-state index in [0.717, 1.165) is 12.1 Å². The molecule has 0 saturated carbocycles. The summed E-state index contributed by atoms with van der Waals surface area (Å²) in [7, 11) is 0. The Balaban J connectivity index is 0.000000371. The van der Waals surface area contributed by atoms with Gasteiger partial charge in [-0.15, -0.1) is 0 Å². The number of hydrazine groups is 1. The molecule has 56 valence electrons. The number of hydrogen-bond acceptors (Lipinski definition) is 4. The highest BCUT2D eigenvalue weighted by molar-refractivity contribution is 4.97. The van der Waals surface area contributed by atoms with E-state index in [1.54, 1.807) is 6.20 Å². The summed E-state index contributed by atoms with van der Waals surface area (Å²) in [4.78, 5) is 0. The third kappa shape index (κ3) is 3.11. The fraction of sp³-hybridized carbons (Fsp3) is 0.333. The zero-order valence-corrected chi connectivity index (χ0v) is 5.99. The maximum atomic E-state index is 4.00. The molecule has 0 aliphatic heterocycles. The van der Waals surface area contributed by atoms with E-state index in [1.165, 1.54) is 0 Å². The lowest BCUT2D eigenvalue weighted by Gasteiger charge is -1.87. The smallest absolute Gasteiger partial charge is 0.0628 e. The summed E-state index contributed by atoms with van der Waals surface area (Å²) in [6, 6.07) is 3.86. The number of aromatic nitrogens is 2. The van der Waals surface area contributed by atoms with E-state index in [0.29, 0.717) is 0 Å². The van der Waals surface area contributed by atoms with Crippen molar-refractivity contribution in [3.8, 4) is 0 Å². The van der Waals surface area contributed by atoms with E-state index in [-0.39, 0.29) is 0 Å². The predicted molar refractivity (Wildman–Crippen MR) is 39.8 cm³/mol. The van der Waals surface area contributed by atoms with Crippen LogP contribution in [0.15, 0.2) is 18.3 Å². The van der Waals surface area contributed by atoms with Crippen molar-refractivity contribution in [2.24, 2.45) is 11.7 Å². The van der Waals surface area contributed by atoms with Crippen LogP contribution < -0.4 is 11.7 Å². The third-order valence-electron chi connectivity index (χ3n) is 0.990. The first-order valence-electron chi connectivity index (χ1n) is 3.03. The summed E-state index contributed by atoms with van der Waals surface area (Å²) in [5.74, 6) is 8.00. The molecule has 1 aromatic rings. The first kappa shape index (κ1) is 9.00. The summed E-state index contributed by atoms with van der Waals surface area (Å²) in [5, 5.41) is 7.55. The van der Waals surface area contributed by atoms with Gasteiger partial charge in [0.25, 0.3) is 0 Å². The first-order valence-corrected chi connectivity index (χ1v) is 3.03. The molecule has 0 aliphatic carbocycles. The molecule has 1 heterocycles. The second-order valence-electron chi connectivity index (χ2n) is 1.57. The summed E-state index contributed by atoms with van der Waals surface area (Å²) < 4.78 is 0. The SMILES string of the molecule is CCc1cccnn1.NN. The average molecular weight is 140 g/mol. The van der Waals surface area contributed by atoms with Gasteiger partial charge in [0.1, 0.15) is 0 Å². The van der Waals surface area contributed by atoms with E-state index in [2.05, 4.69) is 28.8 Å². The van der Waals surface area contributed by atoms with Gasteiger partial charge in [0, 0.05) is 6.20 Å². The molecule has 0 bridgehead atoms. The van der Waals surface area contributed by atoms with Crippen LogP contribution >= 0.6 is 0 Å². The molecular formula is C6H12N4. The van der Waals surface area contributed by atoms with Gasteiger partial charge in [-0.1, -0.05) is 6.92 Å². The number of nitrogens with zero attached hydrogens (tertiary/aromatic N) is 2. The lowest BCUT2D eigenvalue weighted by atomic mass is 10.3.